The molecule has 3 heterocycles. The number of rotatable bonds is 4. The number of nitrogens with zero attached hydrogens (tertiary/aromatic N) is 2. The zero-order valence-electron chi connectivity index (χ0n) is 16.9. The maximum absolute atomic E-state index is 6.27. The van der Waals surface area contributed by atoms with E-state index in [1.807, 2.05) is 30.0 Å². The van der Waals surface area contributed by atoms with Crippen LogP contribution in [0.25, 0.3) is 21.8 Å². The Morgan fingerprint density at radius 2 is 1.93 bits per heavy atom. The maximum atomic E-state index is 6.27. The molecule has 1 aromatic heterocycles. The molecule has 0 aliphatic carbocycles. The van der Waals surface area contributed by atoms with Crippen molar-refractivity contribution in [2.24, 2.45) is 5.92 Å². The summed E-state index contributed by atoms with van der Waals surface area (Å²) in [5.74, 6) is 2.81. The lowest BCUT2D eigenvalue weighted by Crippen LogP contribution is -2.48. The second-order valence-corrected chi connectivity index (χ2v) is 9.76. The van der Waals surface area contributed by atoms with Gasteiger partial charge in [0, 0.05) is 32.5 Å². The maximum Gasteiger partial charge on any atom is 0.119 e. The van der Waals surface area contributed by atoms with Crippen LogP contribution in [-0.4, -0.2) is 41.9 Å². The molecule has 2 atom stereocenters. The minimum absolute atomic E-state index is 0.735. The number of ether oxygens (including phenoxy) is 1. The van der Waals surface area contributed by atoms with E-state index < -0.39 is 0 Å². The van der Waals surface area contributed by atoms with Gasteiger partial charge >= 0.3 is 0 Å². The van der Waals surface area contributed by atoms with Crippen molar-refractivity contribution in [1.82, 2.24) is 9.88 Å². The van der Waals surface area contributed by atoms with Crippen LogP contribution in [0.4, 0.5) is 0 Å². The van der Waals surface area contributed by atoms with Gasteiger partial charge in [-0.25, -0.2) is 4.98 Å². The summed E-state index contributed by atoms with van der Waals surface area (Å²) in [6.07, 6.45) is 6.81. The van der Waals surface area contributed by atoms with Crippen LogP contribution in [-0.2, 0) is 0 Å². The minimum Gasteiger partial charge on any atom is -0.497 e. The molecule has 0 radical (unpaired) electrons. The lowest BCUT2D eigenvalue weighted by Gasteiger charge is -2.44. The van der Waals surface area contributed by atoms with Crippen LogP contribution in [0.2, 0.25) is 5.02 Å². The fraction of sp³-hybridized carbons (Fsp3) is 0.458. The van der Waals surface area contributed by atoms with Crippen molar-refractivity contribution in [1.29, 1.82) is 0 Å². The first kappa shape index (κ1) is 19.5. The van der Waals surface area contributed by atoms with Gasteiger partial charge in [0.25, 0.3) is 0 Å². The minimum atomic E-state index is 0.735. The Hall–Kier alpha value is -1.49. The van der Waals surface area contributed by atoms with Crippen molar-refractivity contribution in [3.63, 3.8) is 0 Å². The Morgan fingerprint density at radius 3 is 2.83 bits per heavy atom. The number of pyridine rings is 1. The Kier molecular flexibility index (Phi) is 5.59. The summed E-state index contributed by atoms with van der Waals surface area (Å²) in [5.41, 5.74) is 1.98. The summed E-state index contributed by atoms with van der Waals surface area (Å²) < 4.78 is 5.51. The van der Waals surface area contributed by atoms with Gasteiger partial charge in [0.1, 0.15) is 5.75 Å². The zero-order valence-corrected chi connectivity index (χ0v) is 18.4. The number of hydrogen-bond acceptors (Lipinski definition) is 4. The molecule has 3 nitrogen and oxygen atoms in total. The molecular weight excluding hydrogens is 400 g/mol. The van der Waals surface area contributed by atoms with E-state index in [0.717, 1.165) is 39.5 Å². The highest BCUT2D eigenvalue weighted by atomic mass is 35.5. The smallest absolute Gasteiger partial charge is 0.119 e. The van der Waals surface area contributed by atoms with Crippen LogP contribution >= 0.6 is 23.4 Å². The number of benzene rings is 2. The van der Waals surface area contributed by atoms with Crippen molar-refractivity contribution in [2.75, 3.05) is 26.0 Å². The first-order valence-electron chi connectivity index (χ1n) is 10.7. The summed E-state index contributed by atoms with van der Waals surface area (Å²) in [6, 6.07) is 13.0. The SMILES string of the molecule is COc1ccc2nc3cc(Cl)ccc3c(SC[C@H]3CCCN4CCCC[C@H]34)c2c1. The average molecular weight is 427 g/mol. The van der Waals surface area contributed by atoms with Crippen molar-refractivity contribution >= 4 is 45.2 Å². The Morgan fingerprint density at radius 1 is 1.03 bits per heavy atom. The average Bonchev–Trinajstić information content (AvgIpc) is 2.76. The van der Waals surface area contributed by atoms with E-state index >= 15 is 0 Å². The molecule has 0 saturated carbocycles. The Labute approximate surface area is 181 Å². The van der Waals surface area contributed by atoms with E-state index in [1.54, 1.807) is 7.11 Å². The van der Waals surface area contributed by atoms with Gasteiger partial charge in [-0.2, -0.15) is 0 Å². The van der Waals surface area contributed by atoms with Crippen LogP contribution in [0.15, 0.2) is 41.3 Å². The molecule has 0 spiro atoms. The van der Waals surface area contributed by atoms with Gasteiger partial charge in [-0.3, -0.25) is 0 Å². The van der Waals surface area contributed by atoms with Crippen molar-refractivity contribution in [3.05, 3.63) is 41.4 Å². The Bertz CT molecular complexity index is 1040. The van der Waals surface area contributed by atoms with E-state index in [4.69, 9.17) is 21.3 Å². The van der Waals surface area contributed by atoms with Gasteiger partial charge in [0.15, 0.2) is 0 Å². The van der Waals surface area contributed by atoms with Crippen molar-refractivity contribution < 1.29 is 4.74 Å². The summed E-state index contributed by atoms with van der Waals surface area (Å²) >= 11 is 8.27. The van der Waals surface area contributed by atoms with Gasteiger partial charge in [0.2, 0.25) is 0 Å². The highest BCUT2D eigenvalue weighted by Gasteiger charge is 2.33. The van der Waals surface area contributed by atoms with Gasteiger partial charge in [-0.05, 0) is 75.0 Å². The monoisotopic (exact) mass is 426 g/mol. The zero-order chi connectivity index (χ0) is 19.8. The molecular formula is C24H27ClN2OS. The standard InChI is InChI=1S/C24H27ClN2OS/c1-28-18-8-10-21-20(14-18)24(19-9-7-17(25)13-22(19)26-21)29-15-16-5-4-12-27-11-3-2-6-23(16)27/h7-10,13-14,16,23H,2-6,11-12,15H2,1H3/t16-,23-/m1/s1. The molecule has 2 aliphatic heterocycles. The first-order chi connectivity index (χ1) is 14.2. The molecule has 2 aromatic carbocycles. The molecule has 2 saturated heterocycles. The van der Waals surface area contributed by atoms with Crippen LogP contribution in [0.5, 0.6) is 5.75 Å². The molecule has 5 heteroatoms. The molecule has 2 fully saturated rings. The molecule has 0 unspecified atom stereocenters. The third kappa shape index (κ3) is 3.83. The number of hydrogen-bond donors (Lipinski definition) is 0. The lowest BCUT2D eigenvalue weighted by atomic mass is 9.85. The van der Waals surface area contributed by atoms with E-state index in [2.05, 4.69) is 23.1 Å². The quantitative estimate of drug-likeness (QED) is 0.355. The van der Waals surface area contributed by atoms with Gasteiger partial charge in [-0.15, -0.1) is 11.8 Å². The number of halogens is 1. The predicted molar refractivity (Wildman–Crippen MR) is 123 cm³/mol. The van der Waals surface area contributed by atoms with Gasteiger partial charge in [-0.1, -0.05) is 24.1 Å². The molecule has 2 aliphatic rings. The normalized spacial score (nSPS) is 22.7. The van der Waals surface area contributed by atoms with Crippen LogP contribution in [0.3, 0.4) is 0 Å². The van der Waals surface area contributed by atoms with Crippen LogP contribution in [0, 0.1) is 5.92 Å². The highest BCUT2D eigenvalue weighted by Crippen LogP contribution is 2.40. The molecule has 29 heavy (non-hydrogen) atoms. The molecule has 0 bridgehead atoms. The second kappa shape index (κ2) is 8.33. The summed E-state index contributed by atoms with van der Waals surface area (Å²) in [7, 11) is 1.72. The van der Waals surface area contributed by atoms with E-state index in [1.165, 1.54) is 60.9 Å². The first-order valence-corrected chi connectivity index (χ1v) is 12.0. The largest absolute Gasteiger partial charge is 0.497 e. The fourth-order valence-corrected chi connectivity index (χ4v) is 6.69. The van der Waals surface area contributed by atoms with Crippen molar-refractivity contribution in [2.45, 2.75) is 43.0 Å². The van der Waals surface area contributed by atoms with E-state index in [-0.39, 0.29) is 0 Å². The number of fused-ring (bicyclic) bond motifs is 3. The molecule has 0 amide bonds. The summed E-state index contributed by atoms with van der Waals surface area (Å²) in [6.45, 7) is 2.59. The summed E-state index contributed by atoms with van der Waals surface area (Å²) in [4.78, 5) is 8.94. The fourth-order valence-electron chi connectivity index (χ4n) is 5.10. The topological polar surface area (TPSA) is 25.4 Å². The lowest BCUT2D eigenvalue weighted by molar-refractivity contribution is 0.0693. The number of methoxy groups -OCH3 is 1. The third-order valence-corrected chi connectivity index (χ3v) is 8.12. The van der Waals surface area contributed by atoms with Crippen LogP contribution < -0.4 is 4.74 Å². The molecule has 0 N–H and O–H groups in total. The molecule has 152 valence electrons. The third-order valence-electron chi connectivity index (χ3n) is 6.56. The predicted octanol–water partition coefficient (Wildman–Crippen LogP) is 6.41. The number of piperidine rings is 2. The van der Waals surface area contributed by atoms with Crippen molar-refractivity contribution in [3.8, 4) is 5.75 Å². The van der Waals surface area contributed by atoms with Gasteiger partial charge in [0.05, 0.1) is 18.1 Å². The molecule has 5 rings (SSSR count). The van der Waals surface area contributed by atoms with E-state index in [9.17, 15) is 0 Å². The van der Waals surface area contributed by atoms with E-state index in [0.29, 0.717) is 0 Å². The van der Waals surface area contributed by atoms with Gasteiger partial charge < -0.3 is 9.64 Å². The Balaban J connectivity index is 1.53. The second-order valence-electron chi connectivity index (χ2n) is 8.30. The highest BCUT2D eigenvalue weighted by molar-refractivity contribution is 7.99. The molecule has 3 aromatic rings. The summed E-state index contributed by atoms with van der Waals surface area (Å²) in [5, 5.41) is 3.11. The number of aromatic nitrogens is 1. The number of thioether (sulfide) groups is 1. The van der Waals surface area contributed by atoms with Crippen LogP contribution in [0.1, 0.15) is 32.1 Å².